The SMILES string of the molecule is O=C(O)c1coc(COCCC(F)(F)F)c1. The zero-order valence-electron chi connectivity index (χ0n) is 8.08. The molecule has 7 heteroatoms. The van der Waals surface area contributed by atoms with Crippen LogP contribution in [0.2, 0.25) is 0 Å². The zero-order valence-corrected chi connectivity index (χ0v) is 8.08. The fourth-order valence-electron chi connectivity index (χ4n) is 0.929. The summed E-state index contributed by atoms with van der Waals surface area (Å²) in [5, 5.41) is 8.53. The van der Waals surface area contributed by atoms with E-state index in [4.69, 9.17) is 9.52 Å². The van der Waals surface area contributed by atoms with E-state index in [-0.39, 0.29) is 17.9 Å². The van der Waals surface area contributed by atoms with Crippen molar-refractivity contribution < 1.29 is 32.2 Å². The van der Waals surface area contributed by atoms with Crippen LogP contribution >= 0.6 is 0 Å². The van der Waals surface area contributed by atoms with Crippen LogP contribution in [0.25, 0.3) is 0 Å². The van der Waals surface area contributed by atoms with Crippen LogP contribution in [0.5, 0.6) is 0 Å². The molecule has 0 radical (unpaired) electrons. The number of hydrogen-bond acceptors (Lipinski definition) is 3. The minimum Gasteiger partial charge on any atom is -0.478 e. The lowest BCUT2D eigenvalue weighted by atomic mass is 10.3. The molecule has 0 aliphatic rings. The van der Waals surface area contributed by atoms with Crippen molar-refractivity contribution in [2.45, 2.75) is 19.2 Å². The first kappa shape index (κ1) is 12.6. The molecule has 0 atom stereocenters. The Kier molecular flexibility index (Phi) is 3.94. The molecule has 0 unspecified atom stereocenters. The van der Waals surface area contributed by atoms with E-state index in [9.17, 15) is 18.0 Å². The molecular formula is C9H9F3O4. The molecule has 16 heavy (non-hydrogen) atoms. The highest BCUT2D eigenvalue weighted by Crippen LogP contribution is 2.19. The Bertz CT molecular complexity index is 356. The maximum atomic E-state index is 11.7. The molecule has 0 amide bonds. The number of hydrogen-bond donors (Lipinski definition) is 1. The van der Waals surface area contributed by atoms with Gasteiger partial charge in [-0.25, -0.2) is 4.79 Å². The lowest BCUT2D eigenvalue weighted by Gasteiger charge is -2.05. The van der Waals surface area contributed by atoms with Crippen molar-refractivity contribution in [3.8, 4) is 0 Å². The highest BCUT2D eigenvalue weighted by molar-refractivity contribution is 5.87. The quantitative estimate of drug-likeness (QED) is 0.800. The third kappa shape index (κ3) is 4.35. The van der Waals surface area contributed by atoms with Crippen molar-refractivity contribution in [3.05, 3.63) is 23.7 Å². The summed E-state index contributed by atoms with van der Waals surface area (Å²) in [5.41, 5.74) is -0.0607. The van der Waals surface area contributed by atoms with Gasteiger partial charge in [-0.1, -0.05) is 0 Å². The molecule has 90 valence electrons. The van der Waals surface area contributed by atoms with Crippen LogP contribution in [-0.4, -0.2) is 23.9 Å². The Balaban J connectivity index is 2.30. The van der Waals surface area contributed by atoms with Crippen LogP contribution in [0, 0.1) is 0 Å². The largest absolute Gasteiger partial charge is 0.478 e. The van der Waals surface area contributed by atoms with Gasteiger partial charge in [-0.05, 0) is 6.07 Å². The Morgan fingerprint density at radius 2 is 2.19 bits per heavy atom. The molecule has 1 aromatic rings. The van der Waals surface area contributed by atoms with Crippen molar-refractivity contribution in [2.75, 3.05) is 6.61 Å². The highest BCUT2D eigenvalue weighted by atomic mass is 19.4. The second-order valence-electron chi connectivity index (χ2n) is 3.02. The van der Waals surface area contributed by atoms with Gasteiger partial charge in [0.25, 0.3) is 0 Å². The molecule has 0 saturated carbocycles. The van der Waals surface area contributed by atoms with Crippen molar-refractivity contribution in [1.82, 2.24) is 0 Å². The van der Waals surface area contributed by atoms with Crippen molar-refractivity contribution in [3.63, 3.8) is 0 Å². The van der Waals surface area contributed by atoms with E-state index in [1.54, 1.807) is 0 Å². The number of ether oxygens (including phenoxy) is 1. The maximum Gasteiger partial charge on any atom is 0.391 e. The van der Waals surface area contributed by atoms with Gasteiger partial charge in [-0.3, -0.25) is 0 Å². The van der Waals surface area contributed by atoms with Crippen molar-refractivity contribution >= 4 is 5.97 Å². The smallest absolute Gasteiger partial charge is 0.391 e. The van der Waals surface area contributed by atoms with Gasteiger partial charge >= 0.3 is 12.1 Å². The molecule has 1 rings (SSSR count). The van der Waals surface area contributed by atoms with E-state index in [2.05, 4.69) is 4.74 Å². The fourth-order valence-corrected chi connectivity index (χ4v) is 0.929. The summed E-state index contributed by atoms with van der Waals surface area (Å²) in [6.45, 7) is -0.657. The van der Waals surface area contributed by atoms with E-state index in [1.807, 2.05) is 0 Å². The van der Waals surface area contributed by atoms with Gasteiger partial charge in [-0.2, -0.15) is 13.2 Å². The fraction of sp³-hybridized carbons (Fsp3) is 0.444. The molecular weight excluding hydrogens is 229 g/mol. The minimum atomic E-state index is -4.25. The van der Waals surface area contributed by atoms with Crippen LogP contribution in [0.1, 0.15) is 22.5 Å². The molecule has 0 saturated heterocycles. The van der Waals surface area contributed by atoms with Crippen LogP contribution in [0.4, 0.5) is 13.2 Å². The maximum absolute atomic E-state index is 11.7. The molecule has 1 N–H and O–H groups in total. The minimum absolute atomic E-state index is 0.0607. The van der Waals surface area contributed by atoms with E-state index in [0.717, 1.165) is 6.26 Å². The number of halogens is 3. The number of aromatic carboxylic acids is 1. The van der Waals surface area contributed by atoms with Crippen LogP contribution in [0.15, 0.2) is 16.7 Å². The topological polar surface area (TPSA) is 59.7 Å². The summed E-state index contributed by atoms with van der Waals surface area (Å²) in [6, 6.07) is 1.20. The average Bonchev–Trinajstić information content (AvgIpc) is 2.59. The summed E-state index contributed by atoms with van der Waals surface area (Å²) >= 11 is 0. The standard InChI is InChI=1S/C9H9F3O4/c10-9(11,12)1-2-15-5-7-3-6(4-16-7)8(13)14/h3-4H,1-2,5H2,(H,13,14). The Morgan fingerprint density at radius 1 is 1.50 bits per heavy atom. The zero-order chi connectivity index (χ0) is 12.2. The van der Waals surface area contributed by atoms with Gasteiger partial charge in [0.1, 0.15) is 18.6 Å². The summed E-state index contributed by atoms with van der Waals surface area (Å²) in [4.78, 5) is 10.4. The first-order valence-corrected chi connectivity index (χ1v) is 4.33. The predicted molar refractivity (Wildman–Crippen MR) is 46.0 cm³/mol. The molecule has 0 aliphatic heterocycles. The summed E-state index contributed by atoms with van der Waals surface area (Å²) in [7, 11) is 0. The van der Waals surface area contributed by atoms with E-state index in [0.29, 0.717) is 0 Å². The van der Waals surface area contributed by atoms with E-state index < -0.39 is 25.2 Å². The molecule has 0 aliphatic carbocycles. The van der Waals surface area contributed by atoms with Gasteiger partial charge in [-0.15, -0.1) is 0 Å². The first-order chi connectivity index (χ1) is 7.38. The molecule has 0 spiro atoms. The van der Waals surface area contributed by atoms with Gasteiger partial charge in [0, 0.05) is 0 Å². The normalized spacial score (nSPS) is 11.7. The lowest BCUT2D eigenvalue weighted by Crippen LogP contribution is -2.11. The molecule has 1 heterocycles. The van der Waals surface area contributed by atoms with Crippen LogP contribution in [-0.2, 0) is 11.3 Å². The second kappa shape index (κ2) is 5.02. The predicted octanol–water partition coefficient (Wildman–Crippen LogP) is 2.45. The summed E-state index contributed by atoms with van der Waals surface area (Å²) < 4.78 is 44.6. The van der Waals surface area contributed by atoms with Gasteiger partial charge < -0.3 is 14.3 Å². The number of alkyl halides is 3. The first-order valence-electron chi connectivity index (χ1n) is 4.33. The third-order valence-electron chi connectivity index (χ3n) is 1.67. The number of carboxylic acid groups (broad SMARTS) is 1. The van der Waals surface area contributed by atoms with E-state index in [1.165, 1.54) is 6.07 Å². The summed E-state index contributed by atoms with van der Waals surface area (Å²) in [6.07, 6.45) is -4.29. The number of furan rings is 1. The van der Waals surface area contributed by atoms with Crippen molar-refractivity contribution in [1.29, 1.82) is 0 Å². The Morgan fingerprint density at radius 3 is 2.69 bits per heavy atom. The molecule has 1 aromatic heterocycles. The number of carboxylic acids is 1. The molecule has 4 nitrogen and oxygen atoms in total. The van der Waals surface area contributed by atoms with Crippen molar-refractivity contribution in [2.24, 2.45) is 0 Å². The Labute approximate surface area is 88.6 Å². The molecule has 0 aromatic carbocycles. The van der Waals surface area contributed by atoms with Crippen LogP contribution < -0.4 is 0 Å². The summed E-state index contributed by atoms with van der Waals surface area (Å²) in [5.74, 6) is -0.982. The molecule has 0 fully saturated rings. The third-order valence-corrected chi connectivity index (χ3v) is 1.67. The number of carbonyl (C=O) groups is 1. The monoisotopic (exact) mass is 238 g/mol. The van der Waals surface area contributed by atoms with Crippen LogP contribution in [0.3, 0.4) is 0 Å². The highest BCUT2D eigenvalue weighted by Gasteiger charge is 2.26. The lowest BCUT2D eigenvalue weighted by molar-refractivity contribution is -0.146. The van der Waals surface area contributed by atoms with Gasteiger partial charge in [0.05, 0.1) is 18.6 Å². The Hall–Kier alpha value is -1.50. The number of rotatable bonds is 5. The van der Waals surface area contributed by atoms with E-state index >= 15 is 0 Å². The second-order valence-corrected chi connectivity index (χ2v) is 3.02. The van der Waals surface area contributed by atoms with Gasteiger partial charge in [0.15, 0.2) is 0 Å². The molecule has 0 bridgehead atoms. The average molecular weight is 238 g/mol. The van der Waals surface area contributed by atoms with Gasteiger partial charge in [0.2, 0.25) is 0 Å².